The normalized spacial score (nSPS) is 16.7. The second-order valence-corrected chi connectivity index (χ2v) is 6.16. The molecule has 2 aliphatic carbocycles. The van der Waals surface area contributed by atoms with Gasteiger partial charge in [-0.3, -0.25) is 9.59 Å². The number of ketones is 2. The van der Waals surface area contributed by atoms with Gasteiger partial charge in [0.15, 0.2) is 11.6 Å². The largest absolute Gasteiger partial charge is 0.507 e. The number of benzene rings is 2. The first-order valence-electron chi connectivity index (χ1n) is 7.54. The van der Waals surface area contributed by atoms with Gasteiger partial charge in [0.1, 0.15) is 5.75 Å². The average molecular weight is 291 g/mol. The van der Waals surface area contributed by atoms with Crippen molar-refractivity contribution in [1.29, 1.82) is 0 Å². The van der Waals surface area contributed by atoms with E-state index in [1.807, 2.05) is 6.07 Å². The number of fused-ring (bicyclic) bond motifs is 8. The SMILES string of the molecule is O=C1CC(=O)c2c1c1c(c3[nH]c4cccc(O)c4c23)CCC1. The van der Waals surface area contributed by atoms with E-state index in [0.717, 1.165) is 46.8 Å². The molecule has 22 heavy (non-hydrogen) atoms. The number of carbonyl (C=O) groups excluding carboxylic acids is 2. The molecule has 0 bridgehead atoms. The minimum Gasteiger partial charge on any atom is -0.507 e. The van der Waals surface area contributed by atoms with E-state index in [2.05, 4.69) is 4.98 Å². The lowest BCUT2D eigenvalue weighted by Gasteiger charge is -2.09. The zero-order chi connectivity index (χ0) is 15.0. The van der Waals surface area contributed by atoms with Gasteiger partial charge < -0.3 is 10.1 Å². The number of aromatic hydroxyl groups is 1. The summed E-state index contributed by atoms with van der Waals surface area (Å²) in [6, 6.07) is 5.29. The third-order valence-electron chi connectivity index (χ3n) is 5.00. The molecule has 0 amide bonds. The highest BCUT2D eigenvalue weighted by atomic mass is 16.3. The van der Waals surface area contributed by atoms with Crippen LogP contribution in [0.25, 0.3) is 21.8 Å². The number of hydrogen-bond acceptors (Lipinski definition) is 3. The molecule has 0 atom stereocenters. The summed E-state index contributed by atoms with van der Waals surface area (Å²) in [5.41, 5.74) is 5.06. The van der Waals surface area contributed by atoms with Crippen LogP contribution in [0.2, 0.25) is 0 Å². The summed E-state index contributed by atoms with van der Waals surface area (Å²) in [6.45, 7) is 0. The number of rotatable bonds is 0. The van der Waals surface area contributed by atoms with Crippen molar-refractivity contribution in [3.05, 3.63) is 40.5 Å². The van der Waals surface area contributed by atoms with Crippen LogP contribution in [0, 0.1) is 0 Å². The molecule has 4 nitrogen and oxygen atoms in total. The van der Waals surface area contributed by atoms with Crippen molar-refractivity contribution >= 4 is 33.4 Å². The van der Waals surface area contributed by atoms with Gasteiger partial charge in [-0.25, -0.2) is 0 Å². The fourth-order valence-corrected chi connectivity index (χ4v) is 4.19. The molecule has 0 aliphatic heterocycles. The molecular weight excluding hydrogens is 278 g/mol. The zero-order valence-electron chi connectivity index (χ0n) is 11.8. The number of aromatic nitrogens is 1. The molecular formula is C18H13NO3. The van der Waals surface area contributed by atoms with Crippen molar-refractivity contribution in [2.45, 2.75) is 25.7 Å². The Morgan fingerprint density at radius 2 is 1.73 bits per heavy atom. The Kier molecular flexibility index (Phi) is 2.05. The number of Topliss-reactive ketones (excluding diaryl/α,β-unsaturated/α-hetero) is 2. The number of phenols is 1. The summed E-state index contributed by atoms with van der Waals surface area (Å²) in [5, 5.41) is 11.7. The number of aromatic amines is 1. The molecule has 2 aromatic carbocycles. The van der Waals surface area contributed by atoms with Gasteiger partial charge >= 0.3 is 0 Å². The van der Waals surface area contributed by atoms with E-state index < -0.39 is 0 Å². The van der Waals surface area contributed by atoms with Crippen molar-refractivity contribution in [2.24, 2.45) is 0 Å². The molecule has 2 N–H and O–H groups in total. The summed E-state index contributed by atoms with van der Waals surface area (Å²) in [5.74, 6) is -0.0373. The maximum Gasteiger partial charge on any atom is 0.172 e. The highest BCUT2D eigenvalue weighted by Gasteiger charge is 2.36. The number of phenolic OH excluding ortho intramolecular Hbond substituents is 1. The lowest BCUT2D eigenvalue weighted by Crippen LogP contribution is -2.00. The van der Waals surface area contributed by atoms with Crippen LogP contribution in [0.3, 0.4) is 0 Å². The quantitative estimate of drug-likeness (QED) is 0.624. The number of aryl methyl sites for hydroxylation is 1. The molecule has 4 heteroatoms. The van der Waals surface area contributed by atoms with Crippen LogP contribution in [0.1, 0.15) is 44.7 Å². The smallest absolute Gasteiger partial charge is 0.172 e. The average Bonchev–Trinajstić information content (AvgIpc) is 3.14. The van der Waals surface area contributed by atoms with E-state index in [9.17, 15) is 14.7 Å². The van der Waals surface area contributed by atoms with Crippen LogP contribution in [-0.4, -0.2) is 21.7 Å². The molecule has 3 aromatic rings. The molecule has 0 unspecified atom stereocenters. The molecule has 2 aliphatic rings. The topological polar surface area (TPSA) is 70.2 Å². The van der Waals surface area contributed by atoms with Gasteiger partial charge in [-0.1, -0.05) is 6.07 Å². The van der Waals surface area contributed by atoms with Crippen molar-refractivity contribution in [3.8, 4) is 5.75 Å². The van der Waals surface area contributed by atoms with E-state index in [4.69, 9.17) is 0 Å². The van der Waals surface area contributed by atoms with Crippen LogP contribution >= 0.6 is 0 Å². The van der Waals surface area contributed by atoms with Crippen LogP contribution in [-0.2, 0) is 12.8 Å². The number of H-pyrrole nitrogens is 1. The van der Waals surface area contributed by atoms with Gasteiger partial charge in [0.05, 0.1) is 17.5 Å². The standard InChI is InChI=1S/C18H13NO3/c20-11-6-2-5-10-15(11)17-16-13(22)7-12(21)14(16)8-3-1-4-9(8)18(17)19-10/h2,5-6,19-20H,1,3-4,7H2. The molecule has 108 valence electrons. The first-order chi connectivity index (χ1) is 10.7. The molecule has 5 rings (SSSR count). The van der Waals surface area contributed by atoms with E-state index in [1.54, 1.807) is 12.1 Å². The molecule has 1 aromatic heterocycles. The first-order valence-corrected chi connectivity index (χ1v) is 7.54. The van der Waals surface area contributed by atoms with Crippen LogP contribution in [0.5, 0.6) is 5.75 Å². The highest BCUT2D eigenvalue weighted by molar-refractivity contribution is 6.33. The predicted molar refractivity (Wildman–Crippen MR) is 82.8 cm³/mol. The number of hydrogen-bond donors (Lipinski definition) is 2. The first kappa shape index (κ1) is 12.0. The van der Waals surface area contributed by atoms with Gasteiger partial charge in [0.2, 0.25) is 0 Å². The monoisotopic (exact) mass is 291 g/mol. The number of nitrogens with one attached hydrogen (secondary N) is 1. The molecule has 0 spiro atoms. The van der Waals surface area contributed by atoms with Crippen molar-refractivity contribution in [2.75, 3.05) is 0 Å². The van der Waals surface area contributed by atoms with Crippen LogP contribution in [0.4, 0.5) is 0 Å². The fraction of sp³-hybridized carbons (Fsp3) is 0.222. The minimum atomic E-state index is -0.121. The fourth-order valence-electron chi connectivity index (χ4n) is 4.19. The van der Waals surface area contributed by atoms with Gasteiger partial charge in [0.25, 0.3) is 0 Å². The Morgan fingerprint density at radius 1 is 0.955 bits per heavy atom. The zero-order valence-corrected chi connectivity index (χ0v) is 11.8. The molecule has 0 radical (unpaired) electrons. The second kappa shape index (κ2) is 3.77. The summed E-state index contributed by atoms with van der Waals surface area (Å²) in [4.78, 5) is 28.1. The van der Waals surface area contributed by atoms with Crippen molar-refractivity contribution in [3.63, 3.8) is 0 Å². The lowest BCUT2D eigenvalue weighted by atomic mass is 9.93. The lowest BCUT2D eigenvalue weighted by molar-refractivity contribution is 0.0923. The Hall–Kier alpha value is -2.62. The highest BCUT2D eigenvalue weighted by Crippen LogP contribution is 2.44. The predicted octanol–water partition coefficient (Wildman–Crippen LogP) is 3.28. The van der Waals surface area contributed by atoms with Crippen molar-refractivity contribution in [1.82, 2.24) is 4.98 Å². The van der Waals surface area contributed by atoms with Crippen molar-refractivity contribution < 1.29 is 14.7 Å². The molecule has 0 saturated heterocycles. The summed E-state index contributed by atoms with van der Waals surface area (Å²) in [6.07, 6.45) is 2.73. The second-order valence-electron chi connectivity index (χ2n) is 6.16. The van der Waals surface area contributed by atoms with E-state index in [1.165, 1.54) is 0 Å². The summed E-state index contributed by atoms with van der Waals surface area (Å²) < 4.78 is 0. The van der Waals surface area contributed by atoms with Gasteiger partial charge in [0, 0.05) is 21.9 Å². The van der Waals surface area contributed by atoms with Crippen LogP contribution in [0.15, 0.2) is 18.2 Å². The maximum atomic E-state index is 12.4. The van der Waals surface area contributed by atoms with E-state index in [-0.39, 0.29) is 23.7 Å². The molecule has 0 saturated carbocycles. The molecule has 1 heterocycles. The summed E-state index contributed by atoms with van der Waals surface area (Å²) >= 11 is 0. The Balaban J connectivity index is 2.13. The Morgan fingerprint density at radius 3 is 2.59 bits per heavy atom. The van der Waals surface area contributed by atoms with Gasteiger partial charge in [-0.2, -0.15) is 0 Å². The number of carbonyl (C=O) groups is 2. The van der Waals surface area contributed by atoms with Gasteiger partial charge in [-0.15, -0.1) is 0 Å². The minimum absolute atomic E-state index is 0.0405. The Labute approximate surface area is 125 Å². The van der Waals surface area contributed by atoms with E-state index in [0.29, 0.717) is 16.5 Å². The summed E-state index contributed by atoms with van der Waals surface area (Å²) in [7, 11) is 0. The third-order valence-corrected chi connectivity index (χ3v) is 5.00. The van der Waals surface area contributed by atoms with Crippen LogP contribution < -0.4 is 0 Å². The van der Waals surface area contributed by atoms with Gasteiger partial charge in [-0.05, 0) is 42.5 Å². The third kappa shape index (κ3) is 1.24. The molecule has 0 fully saturated rings. The van der Waals surface area contributed by atoms with E-state index >= 15 is 0 Å². The maximum absolute atomic E-state index is 12.4. The Bertz CT molecular complexity index is 1030.